The van der Waals surface area contributed by atoms with Crippen molar-refractivity contribution >= 4 is 23.3 Å². The number of hydrogen-bond acceptors (Lipinski definition) is 6. The number of benzene rings is 1. The minimum absolute atomic E-state index is 0.0103. The number of amides is 2. The molecule has 0 spiro atoms. The Morgan fingerprint density at radius 2 is 2.03 bits per heavy atom. The number of nitrogens with one attached hydrogen (secondary N) is 1. The zero-order valence-electron chi connectivity index (χ0n) is 16.9. The van der Waals surface area contributed by atoms with E-state index in [4.69, 9.17) is 4.74 Å². The van der Waals surface area contributed by atoms with Crippen LogP contribution in [0.2, 0.25) is 0 Å². The Labute approximate surface area is 179 Å². The van der Waals surface area contributed by atoms with E-state index < -0.39 is 29.3 Å². The summed E-state index contributed by atoms with van der Waals surface area (Å²) in [6, 6.07) is 2.87. The van der Waals surface area contributed by atoms with Gasteiger partial charge in [0.25, 0.3) is 11.8 Å². The first-order valence-electron chi connectivity index (χ1n) is 9.42. The molecule has 0 unspecified atom stereocenters. The van der Waals surface area contributed by atoms with E-state index >= 15 is 0 Å². The summed E-state index contributed by atoms with van der Waals surface area (Å²) in [5.41, 5.74) is -0.713. The molecule has 1 N–H and O–H groups in total. The molecule has 0 saturated heterocycles. The number of hydrogen-bond donors (Lipinski definition) is 1. The molecule has 0 radical (unpaired) electrons. The zero-order chi connectivity index (χ0) is 23.0. The number of halogens is 3. The fraction of sp³-hybridized carbons (Fsp3) is 0.250. The lowest BCUT2D eigenvalue weighted by Crippen LogP contribution is -2.43. The van der Waals surface area contributed by atoms with Crippen molar-refractivity contribution in [2.24, 2.45) is 0 Å². The van der Waals surface area contributed by atoms with Crippen LogP contribution in [-0.4, -0.2) is 45.2 Å². The molecule has 2 amide bonds. The van der Waals surface area contributed by atoms with Gasteiger partial charge in [0, 0.05) is 30.7 Å². The summed E-state index contributed by atoms with van der Waals surface area (Å²) in [6.07, 6.45) is 0.855. The van der Waals surface area contributed by atoms with Gasteiger partial charge in [0.05, 0.1) is 36.7 Å². The maximum Gasteiger partial charge on any atom is 0.419 e. The summed E-state index contributed by atoms with van der Waals surface area (Å²) >= 11 is 0. The number of carbonyl (C=O) groups is 2. The Morgan fingerprint density at radius 3 is 2.69 bits per heavy atom. The molecule has 32 heavy (non-hydrogen) atoms. The number of nitrogens with zero attached hydrogens (tertiary/aromatic N) is 5. The van der Waals surface area contributed by atoms with E-state index in [9.17, 15) is 22.8 Å². The van der Waals surface area contributed by atoms with Crippen molar-refractivity contribution in [3.05, 3.63) is 59.8 Å². The van der Waals surface area contributed by atoms with Gasteiger partial charge in [-0.3, -0.25) is 19.3 Å². The normalized spacial score (nSPS) is 16.0. The van der Waals surface area contributed by atoms with Gasteiger partial charge in [0.2, 0.25) is 0 Å². The smallest absolute Gasteiger partial charge is 0.419 e. The van der Waals surface area contributed by atoms with Crippen molar-refractivity contribution in [3.8, 4) is 5.75 Å². The van der Waals surface area contributed by atoms with Gasteiger partial charge < -0.3 is 15.0 Å². The summed E-state index contributed by atoms with van der Waals surface area (Å²) < 4.78 is 45.9. The molecular formula is C20H17F3N6O3. The van der Waals surface area contributed by atoms with Crippen molar-refractivity contribution < 1.29 is 27.5 Å². The monoisotopic (exact) mass is 446 g/mol. The van der Waals surface area contributed by atoms with Gasteiger partial charge in [0.15, 0.2) is 5.82 Å². The fourth-order valence-corrected chi connectivity index (χ4v) is 3.48. The summed E-state index contributed by atoms with van der Waals surface area (Å²) in [5.74, 6) is -1.40. The first-order valence-corrected chi connectivity index (χ1v) is 9.42. The van der Waals surface area contributed by atoms with Gasteiger partial charge in [0.1, 0.15) is 11.4 Å². The summed E-state index contributed by atoms with van der Waals surface area (Å²) in [7, 11) is 1.12. The summed E-state index contributed by atoms with van der Waals surface area (Å²) in [6.45, 7) is 1.93. The third-order valence-corrected chi connectivity index (χ3v) is 4.96. The molecule has 2 aromatic heterocycles. The van der Waals surface area contributed by atoms with Crippen LogP contribution >= 0.6 is 0 Å². The second-order valence-corrected chi connectivity index (χ2v) is 7.04. The molecule has 1 aliphatic rings. The number of methoxy groups -OCH3 is 1. The Morgan fingerprint density at radius 1 is 1.25 bits per heavy atom. The molecule has 3 heterocycles. The molecule has 4 rings (SSSR count). The van der Waals surface area contributed by atoms with Crippen molar-refractivity contribution in [3.63, 3.8) is 0 Å². The van der Waals surface area contributed by atoms with Crippen molar-refractivity contribution in [2.75, 3.05) is 23.9 Å². The van der Waals surface area contributed by atoms with Crippen LogP contribution in [0.15, 0.2) is 43.0 Å². The molecule has 0 fully saturated rings. The van der Waals surface area contributed by atoms with E-state index in [-0.39, 0.29) is 35.3 Å². The van der Waals surface area contributed by atoms with E-state index in [1.54, 1.807) is 6.92 Å². The van der Waals surface area contributed by atoms with Crippen LogP contribution in [-0.2, 0) is 6.18 Å². The quantitative estimate of drug-likeness (QED) is 0.661. The second kappa shape index (κ2) is 7.94. The average Bonchev–Trinajstić information content (AvgIpc) is 3.22. The first kappa shape index (κ1) is 21.3. The van der Waals surface area contributed by atoms with Crippen LogP contribution in [0.5, 0.6) is 5.75 Å². The molecule has 3 aromatic rings. The van der Waals surface area contributed by atoms with Crippen LogP contribution in [0.4, 0.5) is 24.7 Å². The number of carbonyl (C=O) groups excluding carboxylic acids is 2. The lowest BCUT2D eigenvalue weighted by atomic mass is 10.1. The highest BCUT2D eigenvalue weighted by Gasteiger charge is 2.38. The van der Waals surface area contributed by atoms with Crippen LogP contribution in [0, 0.1) is 0 Å². The van der Waals surface area contributed by atoms with Crippen LogP contribution in [0.3, 0.4) is 0 Å². The Hall–Kier alpha value is -3.96. The van der Waals surface area contributed by atoms with Crippen molar-refractivity contribution in [1.29, 1.82) is 0 Å². The van der Waals surface area contributed by atoms with Crippen LogP contribution in [0.1, 0.15) is 39.4 Å². The third kappa shape index (κ3) is 3.74. The number of anilines is 2. The molecule has 1 aromatic carbocycles. The summed E-state index contributed by atoms with van der Waals surface area (Å²) in [4.78, 5) is 35.1. The molecule has 1 aliphatic heterocycles. The van der Waals surface area contributed by atoms with Crippen molar-refractivity contribution in [2.45, 2.75) is 19.1 Å². The maximum absolute atomic E-state index is 13.3. The number of rotatable bonds is 4. The molecular weight excluding hydrogens is 429 g/mol. The van der Waals surface area contributed by atoms with Gasteiger partial charge in [-0.25, -0.2) is 4.98 Å². The van der Waals surface area contributed by atoms with Crippen molar-refractivity contribution in [1.82, 2.24) is 19.7 Å². The van der Waals surface area contributed by atoms with E-state index in [0.717, 1.165) is 19.2 Å². The highest BCUT2D eigenvalue weighted by atomic mass is 19.4. The van der Waals surface area contributed by atoms with Gasteiger partial charge in [-0.1, -0.05) is 0 Å². The lowest BCUT2D eigenvalue weighted by molar-refractivity contribution is -0.138. The van der Waals surface area contributed by atoms with Gasteiger partial charge in [-0.05, 0) is 19.1 Å². The minimum atomic E-state index is -4.60. The van der Waals surface area contributed by atoms with Crippen LogP contribution in [0.25, 0.3) is 0 Å². The molecule has 1 atom stereocenters. The van der Waals surface area contributed by atoms with E-state index in [0.29, 0.717) is 0 Å². The molecule has 0 bridgehead atoms. The summed E-state index contributed by atoms with van der Waals surface area (Å²) in [5, 5.41) is 6.70. The Kier molecular flexibility index (Phi) is 5.28. The Balaban J connectivity index is 1.69. The molecule has 166 valence electrons. The topological polar surface area (TPSA) is 102 Å². The van der Waals surface area contributed by atoms with Gasteiger partial charge >= 0.3 is 6.18 Å². The average molecular weight is 446 g/mol. The molecule has 0 saturated carbocycles. The van der Waals surface area contributed by atoms with E-state index in [1.165, 1.54) is 40.4 Å². The maximum atomic E-state index is 13.3. The SMILES string of the molecule is COc1cc(N2C[C@H](C)n3ncc(C(=O)Nc4cnccn4)c3C2=O)ccc1C(F)(F)F. The van der Waals surface area contributed by atoms with Gasteiger partial charge in [-0.2, -0.15) is 18.3 Å². The highest BCUT2D eigenvalue weighted by Crippen LogP contribution is 2.39. The van der Waals surface area contributed by atoms with Crippen LogP contribution < -0.4 is 15.0 Å². The highest BCUT2D eigenvalue weighted by molar-refractivity contribution is 6.15. The first-order chi connectivity index (χ1) is 15.2. The standard InChI is InChI=1S/C20H17F3N6O3/c1-11-10-28(12-3-4-14(20(21,22)23)15(7-12)32-2)19(31)17-13(8-26-29(11)17)18(30)27-16-9-24-5-6-25-16/h3-9,11H,10H2,1-2H3,(H,25,27,30)/t11-/m0/s1. The Bertz CT molecular complexity index is 1180. The van der Waals surface area contributed by atoms with E-state index in [2.05, 4.69) is 20.4 Å². The fourth-order valence-electron chi connectivity index (χ4n) is 3.48. The largest absolute Gasteiger partial charge is 0.496 e. The third-order valence-electron chi connectivity index (χ3n) is 4.96. The molecule has 12 heteroatoms. The minimum Gasteiger partial charge on any atom is -0.496 e. The predicted molar refractivity (Wildman–Crippen MR) is 107 cm³/mol. The predicted octanol–water partition coefficient (Wildman–Crippen LogP) is 3.17. The number of fused-ring (bicyclic) bond motifs is 1. The second-order valence-electron chi connectivity index (χ2n) is 7.04. The number of alkyl halides is 3. The zero-order valence-corrected chi connectivity index (χ0v) is 16.9. The lowest BCUT2D eigenvalue weighted by Gasteiger charge is -2.32. The number of aromatic nitrogens is 4. The van der Waals surface area contributed by atoms with E-state index in [1.807, 2.05) is 0 Å². The molecule has 0 aliphatic carbocycles. The number of ether oxygens (including phenoxy) is 1. The molecule has 9 nitrogen and oxygen atoms in total. The van der Waals surface area contributed by atoms with Gasteiger partial charge in [-0.15, -0.1) is 0 Å².